The molecular formula is C13H17BrO3. The predicted octanol–water partition coefficient (Wildman–Crippen LogP) is 3.42. The number of benzene rings is 1. The molecule has 0 saturated heterocycles. The van der Waals surface area contributed by atoms with Crippen LogP contribution in [0.3, 0.4) is 0 Å². The standard InChI is InChI=1S/C13H17BrO3/c1-13(2,7-8-15)9-16-10-17-12-5-3-11(14)4-6-12/h3-6,8H,7,9-10H2,1-2H3. The molecular weight excluding hydrogens is 284 g/mol. The zero-order valence-corrected chi connectivity index (χ0v) is 11.7. The molecule has 0 atom stereocenters. The van der Waals surface area contributed by atoms with Crippen LogP contribution in [0.15, 0.2) is 28.7 Å². The molecule has 17 heavy (non-hydrogen) atoms. The van der Waals surface area contributed by atoms with Crippen LogP contribution in [-0.4, -0.2) is 19.7 Å². The van der Waals surface area contributed by atoms with Crippen molar-refractivity contribution in [1.29, 1.82) is 0 Å². The third kappa shape index (κ3) is 5.84. The van der Waals surface area contributed by atoms with E-state index >= 15 is 0 Å². The van der Waals surface area contributed by atoms with Gasteiger partial charge in [-0.15, -0.1) is 0 Å². The summed E-state index contributed by atoms with van der Waals surface area (Å²) in [4.78, 5) is 10.4. The number of aldehydes is 1. The number of ether oxygens (including phenoxy) is 2. The monoisotopic (exact) mass is 300 g/mol. The lowest BCUT2D eigenvalue weighted by Gasteiger charge is -2.21. The number of carbonyl (C=O) groups excluding carboxylic acids is 1. The molecule has 0 aliphatic heterocycles. The fourth-order valence-corrected chi connectivity index (χ4v) is 1.51. The Balaban J connectivity index is 2.24. The van der Waals surface area contributed by atoms with Gasteiger partial charge in [0.05, 0.1) is 6.61 Å². The lowest BCUT2D eigenvalue weighted by atomic mass is 9.91. The highest BCUT2D eigenvalue weighted by Crippen LogP contribution is 2.19. The second-order valence-electron chi connectivity index (χ2n) is 4.60. The van der Waals surface area contributed by atoms with Crippen LogP contribution in [0.25, 0.3) is 0 Å². The normalized spacial score (nSPS) is 11.2. The van der Waals surface area contributed by atoms with E-state index < -0.39 is 0 Å². The van der Waals surface area contributed by atoms with Crippen LogP contribution in [0.5, 0.6) is 5.75 Å². The first-order chi connectivity index (χ1) is 8.03. The Morgan fingerprint density at radius 1 is 1.29 bits per heavy atom. The van der Waals surface area contributed by atoms with Crippen molar-refractivity contribution in [3.05, 3.63) is 28.7 Å². The summed E-state index contributed by atoms with van der Waals surface area (Å²) >= 11 is 3.35. The Kier molecular flexibility index (Phi) is 5.65. The number of halogens is 1. The Labute approximate surface area is 110 Å². The molecule has 94 valence electrons. The van der Waals surface area contributed by atoms with Gasteiger partial charge in [-0.05, 0) is 29.7 Å². The smallest absolute Gasteiger partial charge is 0.189 e. The van der Waals surface area contributed by atoms with Gasteiger partial charge < -0.3 is 14.3 Å². The number of hydrogen-bond acceptors (Lipinski definition) is 3. The molecule has 0 N–H and O–H groups in total. The van der Waals surface area contributed by atoms with Gasteiger partial charge in [0.1, 0.15) is 12.0 Å². The summed E-state index contributed by atoms with van der Waals surface area (Å²) in [5.41, 5.74) is -0.134. The lowest BCUT2D eigenvalue weighted by Crippen LogP contribution is -2.21. The fraction of sp³-hybridized carbons (Fsp3) is 0.462. The van der Waals surface area contributed by atoms with E-state index in [0.29, 0.717) is 13.0 Å². The van der Waals surface area contributed by atoms with Crippen LogP contribution < -0.4 is 4.74 Å². The van der Waals surface area contributed by atoms with E-state index in [1.54, 1.807) is 0 Å². The van der Waals surface area contributed by atoms with Gasteiger partial charge in [-0.3, -0.25) is 0 Å². The van der Waals surface area contributed by atoms with E-state index in [0.717, 1.165) is 16.5 Å². The number of hydrogen-bond donors (Lipinski definition) is 0. The van der Waals surface area contributed by atoms with Crippen LogP contribution in [-0.2, 0) is 9.53 Å². The highest BCUT2D eigenvalue weighted by molar-refractivity contribution is 9.10. The number of rotatable bonds is 7. The van der Waals surface area contributed by atoms with Gasteiger partial charge in [0, 0.05) is 10.9 Å². The molecule has 0 aromatic heterocycles. The van der Waals surface area contributed by atoms with E-state index in [1.807, 2.05) is 38.1 Å². The van der Waals surface area contributed by atoms with E-state index in [4.69, 9.17) is 9.47 Å². The molecule has 0 aliphatic carbocycles. The van der Waals surface area contributed by atoms with E-state index in [9.17, 15) is 4.79 Å². The van der Waals surface area contributed by atoms with Crippen LogP contribution in [0.2, 0.25) is 0 Å². The average Bonchev–Trinajstić information content (AvgIpc) is 2.27. The molecule has 4 heteroatoms. The second kappa shape index (κ2) is 6.77. The Bertz CT molecular complexity index is 346. The molecule has 0 fully saturated rings. The van der Waals surface area contributed by atoms with Gasteiger partial charge in [-0.1, -0.05) is 29.8 Å². The molecule has 0 radical (unpaired) electrons. The van der Waals surface area contributed by atoms with Gasteiger partial charge in [0.15, 0.2) is 6.79 Å². The summed E-state index contributed by atoms with van der Waals surface area (Å²) in [6.45, 7) is 4.67. The molecule has 0 heterocycles. The molecule has 1 rings (SSSR count). The van der Waals surface area contributed by atoms with Crippen LogP contribution in [0.1, 0.15) is 20.3 Å². The Hall–Kier alpha value is -0.870. The zero-order valence-electron chi connectivity index (χ0n) is 10.1. The highest BCUT2D eigenvalue weighted by Gasteiger charge is 2.17. The van der Waals surface area contributed by atoms with Crippen molar-refractivity contribution in [1.82, 2.24) is 0 Å². The largest absolute Gasteiger partial charge is 0.468 e. The van der Waals surface area contributed by atoms with Crippen molar-refractivity contribution < 1.29 is 14.3 Å². The van der Waals surface area contributed by atoms with Gasteiger partial charge >= 0.3 is 0 Å². The minimum Gasteiger partial charge on any atom is -0.468 e. The van der Waals surface area contributed by atoms with Crippen LogP contribution >= 0.6 is 15.9 Å². The molecule has 0 amide bonds. The molecule has 0 bridgehead atoms. The molecule has 1 aromatic rings. The summed E-state index contributed by atoms with van der Waals surface area (Å²) in [6, 6.07) is 7.55. The topological polar surface area (TPSA) is 35.5 Å². The van der Waals surface area contributed by atoms with E-state index in [-0.39, 0.29) is 12.2 Å². The molecule has 0 aliphatic rings. The van der Waals surface area contributed by atoms with Crippen LogP contribution in [0.4, 0.5) is 0 Å². The quantitative estimate of drug-likeness (QED) is 0.440. The summed E-state index contributed by atoms with van der Waals surface area (Å²) in [5, 5.41) is 0. The maximum atomic E-state index is 10.4. The minimum absolute atomic E-state index is 0.134. The second-order valence-corrected chi connectivity index (χ2v) is 5.52. The zero-order chi connectivity index (χ0) is 12.7. The van der Waals surface area contributed by atoms with Crippen molar-refractivity contribution in [2.24, 2.45) is 5.41 Å². The lowest BCUT2D eigenvalue weighted by molar-refractivity contribution is -0.111. The average molecular weight is 301 g/mol. The van der Waals surface area contributed by atoms with Gasteiger partial charge in [-0.25, -0.2) is 0 Å². The van der Waals surface area contributed by atoms with Gasteiger partial charge in [0.25, 0.3) is 0 Å². The van der Waals surface area contributed by atoms with Crippen molar-refractivity contribution >= 4 is 22.2 Å². The third-order valence-corrected chi connectivity index (χ3v) is 2.78. The summed E-state index contributed by atoms with van der Waals surface area (Å²) < 4.78 is 11.8. The summed E-state index contributed by atoms with van der Waals surface area (Å²) in [5.74, 6) is 0.765. The highest BCUT2D eigenvalue weighted by atomic mass is 79.9. The third-order valence-electron chi connectivity index (χ3n) is 2.25. The predicted molar refractivity (Wildman–Crippen MR) is 70.1 cm³/mol. The van der Waals surface area contributed by atoms with Crippen molar-refractivity contribution in [2.45, 2.75) is 20.3 Å². The molecule has 1 aromatic carbocycles. The molecule has 0 saturated carbocycles. The van der Waals surface area contributed by atoms with Crippen molar-refractivity contribution in [3.63, 3.8) is 0 Å². The van der Waals surface area contributed by atoms with Gasteiger partial charge in [0.2, 0.25) is 0 Å². The first-order valence-electron chi connectivity index (χ1n) is 5.43. The van der Waals surface area contributed by atoms with E-state index in [2.05, 4.69) is 15.9 Å². The summed E-state index contributed by atoms with van der Waals surface area (Å²) in [7, 11) is 0. The van der Waals surface area contributed by atoms with Gasteiger partial charge in [-0.2, -0.15) is 0 Å². The molecule has 3 nitrogen and oxygen atoms in total. The maximum Gasteiger partial charge on any atom is 0.189 e. The minimum atomic E-state index is -0.134. The number of carbonyl (C=O) groups is 1. The van der Waals surface area contributed by atoms with Crippen molar-refractivity contribution in [2.75, 3.05) is 13.4 Å². The Morgan fingerprint density at radius 2 is 1.94 bits per heavy atom. The van der Waals surface area contributed by atoms with Crippen LogP contribution in [0, 0.1) is 5.41 Å². The van der Waals surface area contributed by atoms with E-state index in [1.165, 1.54) is 0 Å². The SMILES string of the molecule is CC(C)(CC=O)COCOc1ccc(Br)cc1. The fourth-order valence-electron chi connectivity index (χ4n) is 1.24. The first kappa shape index (κ1) is 14.2. The Morgan fingerprint density at radius 3 is 2.53 bits per heavy atom. The molecule has 0 unspecified atom stereocenters. The first-order valence-corrected chi connectivity index (χ1v) is 6.22. The summed E-state index contributed by atoms with van der Waals surface area (Å²) in [6.07, 6.45) is 1.41. The molecule has 0 spiro atoms. The van der Waals surface area contributed by atoms with Crippen molar-refractivity contribution in [3.8, 4) is 5.75 Å². The maximum absolute atomic E-state index is 10.4.